The van der Waals surface area contributed by atoms with Crippen LogP contribution in [0.1, 0.15) is 30.4 Å². The minimum Gasteiger partial charge on any atom is -0.346 e. The van der Waals surface area contributed by atoms with E-state index in [0.29, 0.717) is 5.75 Å². The van der Waals surface area contributed by atoms with E-state index in [9.17, 15) is 4.79 Å². The summed E-state index contributed by atoms with van der Waals surface area (Å²) < 4.78 is 0. The second kappa shape index (κ2) is 6.57. The van der Waals surface area contributed by atoms with Gasteiger partial charge in [-0.3, -0.25) is 4.79 Å². The SMILES string of the molecule is Cc1ccccc1SCC(=O)NC1(c2ccccc2)CCC1. The molecule has 1 aliphatic rings. The van der Waals surface area contributed by atoms with Crippen LogP contribution < -0.4 is 5.32 Å². The maximum absolute atomic E-state index is 12.4. The van der Waals surface area contributed by atoms with Gasteiger partial charge in [0.1, 0.15) is 0 Å². The lowest BCUT2D eigenvalue weighted by Crippen LogP contribution is -2.51. The molecule has 0 bridgehead atoms. The highest BCUT2D eigenvalue weighted by atomic mass is 32.2. The number of carbonyl (C=O) groups excluding carboxylic acids is 1. The van der Waals surface area contributed by atoms with E-state index in [2.05, 4.69) is 36.5 Å². The third-order valence-electron chi connectivity index (χ3n) is 4.36. The largest absolute Gasteiger partial charge is 0.346 e. The zero-order valence-corrected chi connectivity index (χ0v) is 13.7. The summed E-state index contributed by atoms with van der Waals surface area (Å²) >= 11 is 1.61. The van der Waals surface area contributed by atoms with Crippen LogP contribution in [0.3, 0.4) is 0 Å². The third-order valence-corrected chi connectivity index (χ3v) is 5.54. The molecule has 1 aliphatic carbocycles. The maximum Gasteiger partial charge on any atom is 0.231 e. The molecule has 1 saturated carbocycles. The summed E-state index contributed by atoms with van der Waals surface area (Å²) in [5, 5.41) is 3.28. The van der Waals surface area contributed by atoms with Crippen LogP contribution in [0.25, 0.3) is 0 Å². The van der Waals surface area contributed by atoms with Crippen LogP contribution in [0.2, 0.25) is 0 Å². The highest BCUT2D eigenvalue weighted by molar-refractivity contribution is 8.00. The number of thioether (sulfide) groups is 1. The van der Waals surface area contributed by atoms with E-state index in [1.54, 1.807) is 11.8 Å². The van der Waals surface area contributed by atoms with E-state index >= 15 is 0 Å². The molecule has 0 saturated heterocycles. The van der Waals surface area contributed by atoms with Crippen molar-refractivity contribution >= 4 is 17.7 Å². The Morgan fingerprint density at radius 1 is 1.09 bits per heavy atom. The number of nitrogens with one attached hydrogen (secondary N) is 1. The third kappa shape index (κ3) is 3.20. The first-order valence-corrected chi connectivity index (χ1v) is 8.73. The van der Waals surface area contributed by atoms with Crippen LogP contribution in [-0.4, -0.2) is 11.7 Å². The smallest absolute Gasteiger partial charge is 0.231 e. The number of rotatable bonds is 5. The zero-order valence-electron chi connectivity index (χ0n) is 12.8. The Labute approximate surface area is 136 Å². The first kappa shape index (κ1) is 15.2. The monoisotopic (exact) mass is 311 g/mol. The zero-order chi connectivity index (χ0) is 15.4. The van der Waals surface area contributed by atoms with Gasteiger partial charge in [0.15, 0.2) is 0 Å². The van der Waals surface area contributed by atoms with Gasteiger partial charge < -0.3 is 5.32 Å². The normalized spacial score (nSPS) is 15.9. The van der Waals surface area contributed by atoms with Gasteiger partial charge in [0.25, 0.3) is 0 Å². The van der Waals surface area contributed by atoms with Gasteiger partial charge in [-0.1, -0.05) is 48.5 Å². The summed E-state index contributed by atoms with van der Waals surface area (Å²) in [6.07, 6.45) is 3.26. The van der Waals surface area contributed by atoms with E-state index in [-0.39, 0.29) is 11.4 Å². The lowest BCUT2D eigenvalue weighted by Gasteiger charge is -2.43. The molecule has 0 radical (unpaired) electrons. The Kier molecular flexibility index (Phi) is 4.53. The number of hydrogen-bond acceptors (Lipinski definition) is 2. The molecular weight excluding hydrogens is 290 g/mol. The van der Waals surface area contributed by atoms with Crippen LogP contribution in [-0.2, 0) is 10.3 Å². The summed E-state index contributed by atoms with van der Waals surface area (Å²) in [4.78, 5) is 13.6. The number of benzene rings is 2. The fourth-order valence-electron chi connectivity index (χ4n) is 2.94. The van der Waals surface area contributed by atoms with Gasteiger partial charge in [-0.25, -0.2) is 0 Å². The minimum absolute atomic E-state index is 0.122. The van der Waals surface area contributed by atoms with E-state index in [0.717, 1.165) is 12.8 Å². The van der Waals surface area contributed by atoms with Gasteiger partial charge in [0.2, 0.25) is 5.91 Å². The Bertz CT molecular complexity index is 649. The highest BCUT2D eigenvalue weighted by Crippen LogP contribution is 2.41. The standard InChI is InChI=1S/C19H21NOS/c1-15-8-5-6-11-17(15)22-14-18(21)20-19(12-7-13-19)16-9-3-2-4-10-16/h2-6,8-11H,7,12-14H2,1H3,(H,20,21). The molecule has 0 heterocycles. The van der Waals surface area contributed by atoms with Crippen molar-refractivity contribution in [3.8, 4) is 0 Å². The Hall–Kier alpha value is -1.74. The highest BCUT2D eigenvalue weighted by Gasteiger charge is 2.39. The van der Waals surface area contributed by atoms with Crippen molar-refractivity contribution in [3.63, 3.8) is 0 Å². The first-order valence-electron chi connectivity index (χ1n) is 7.75. The first-order chi connectivity index (χ1) is 10.7. The van der Waals surface area contributed by atoms with E-state index in [4.69, 9.17) is 0 Å². The van der Waals surface area contributed by atoms with E-state index < -0.39 is 0 Å². The molecule has 0 unspecified atom stereocenters. The van der Waals surface area contributed by atoms with Gasteiger partial charge in [-0.15, -0.1) is 11.8 Å². The molecule has 0 atom stereocenters. The van der Waals surface area contributed by atoms with Crippen LogP contribution in [0, 0.1) is 6.92 Å². The Morgan fingerprint density at radius 2 is 1.77 bits per heavy atom. The summed E-state index contributed by atoms with van der Waals surface area (Å²) in [6.45, 7) is 2.08. The lowest BCUT2D eigenvalue weighted by molar-refractivity contribution is -0.121. The van der Waals surface area contributed by atoms with Crippen LogP contribution in [0.5, 0.6) is 0 Å². The molecule has 22 heavy (non-hydrogen) atoms. The topological polar surface area (TPSA) is 29.1 Å². The van der Waals surface area contributed by atoms with Gasteiger partial charge >= 0.3 is 0 Å². The molecule has 2 nitrogen and oxygen atoms in total. The van der Waals surface area contributed by atoms with Crippen molar-refractivity contribution in [2.75, 3.05) is 5.75 Å². The molecule has 2 aromatic rings. The molecule has 3 rings (SSSR count). The van der Waals surface area contributed by atoms with Crippen molar-refractivity contribution in [1.29, 1.82) is 0 Å². The van der Waals surface area contributed by atoms with Crippen LogP contribution in [0.4, 0.5) is 0 Å². The number of amides is 1. The average Bonchev–Trinajstić information content (AvgIpc) is 2.51. The average molecular weight is 311 g/mol. The summed E-state index contributed by atoms with van der Waals surface area (Å²) in [5.74, 6) is 0.594. The number of aryl methyl sites for hydroxylation is 1. The molecule has 1 amide bonds. The van der Waals surface area contributed by atoms with Crippen molar-refractivity contribution < 1.29 is 4.79 Å². The van der Waals surface area contributed by atoms with Gasteiger partial charge in [-0.2, -0.15) is 0 Å². The molecule has 0 aromatic heterocycles. The second-order valence-electron chi connectivity index (χ2n) is 5.90. The van der Waals surface area contributed by atoms with Gasteiger partial charge in [-0.05, 0) is 43.4 Å². The maximum atomic E-state index is 12.4. The molecule has 3 heteroatoms. The fourth-order valence-corrected chi connectivity index (χ4v) is 3.77. The van der Waals surface area contributed by atoms with Gasteiger partial charge in [0, 0.05) is 4.90 Å². The Balaban J connectivity index is 1.63. The van der Waals surface area contributed by atoms with E-state index in [1.807, 2.05) is 30.3 Å². The second-order valence-corrected chi connectivity index (χ2v) is 6.92. The molecule has 1 fully saturated rings. The van der Waals surface area contributed by atoms with Crippen molar-refractivity contribution in [3.05, 3.63) is 65.7 Å². The molecule has 114 valence electrons. The van der Waals surface area contributed by atoms with E-state index in [1.165, 1.54) is 22.4 Å². The van der Waals surface area contributed by atoms with Crippen molar-refractivity contribution in [2.45, 2.75) is 36.6 Å². The molecule has 0 spiro atoms. The molecule has 1 N–H and O–H groups in total. The molecule has 0 aliphatic heterocycles. The summed E-state index contributed by atoms with van der Waals surface area (Å²) in [5.41, 5.74) is 2.32. The quantitative estimate of drug-likeness (QED) is 0.835. The van der Waals surface area contributed by atoms with Crippen molar-refractivity contribution in [1.82, 2.24) is 5.32 Å². The Morgan fingerprint density at radius 3 is 2.41 bits per heavy atom. The van der Waals surface area contributed by atoms with Crippen molar-refractivity contribution in [2.24, 2.45) is 0 Å². The summed E-state index contributed by atoms with van der Waals surface area (Å²) in [6, 6.07) is 18.5. The predicted molar refractivity (Wildman–Crippen MR) is 92.0 cm³/mol. The predicted octanol–water partition coefficient (Wildman–Crippen LogP) is 4.28. The minimum atomic E-state index is -0.134. The number of carbonyl (C=O) groups is 1. The molecular formula is C19H21NOS. The van der Waals surface area contributed by atoms with Crippen LogP contribution >= 0.6 is 11.8 Å². The van der Waals surface area contributed by atoms with Gasteiger partial charge in [0.05, 0.1) is 11.3 Å². The van der Waals surface area contributed by atoms with Crippen LogP contribution in [0.15, 0.2) is 59.5 Å². The lowest BCUT2D eigenvalue weighted by atomic mass is 9.72. The summed E-state index contributed by atoms with van der Waals surface area (Å²) in [7, 11) is 0. The molecule has 2 aromatic carbocycles. The number of hydrogen-bond donors (Lipinski definition) is 1. The fraction of sp³-hybridized carbons (Fsp3) is 0.316.